The minimum absolute atomic E-state index is 0.347. The predicted octanol–water partition coefficient (Wildman–Crippen LogP) is 2.14. The van der Waals surface area contributed by atoms with E-state index in [1.165, 1.54) is 20.3 Å². The van der Waals surface area contributed by atoms with Crippen LogP contribution in [0.25, 0.3) is 0 Å². The van der Waals surface area contributed by atoms with Crippen molar-refractivity contribution in [1.29, 1.82) is 0 Å². The lowest BCUT2D eigenvalue weighted by Gasteiger charge is -2.36. The van der Waals surface area contributed by atoms with Crippen LogP contribution >= 0.6 is 0 Å². The molecule has 1 aromatic rings. The summed E-state index contributed by atoms with van der Waals surface area (Å²) in [5, 5.41) is 9.27. The van der Waals surface area contributed by atoms with E-state index in [2.05, 4.69) is 0 Å². The van der Waals surface area contributed by atoms with Gasteiger partial charge in [-0.05, 0) is 31.0 Å². The van der Waals surface area contributed by atoms with Crippen molar-refractivity contribution in [3.63, 3.8) is 0 Å². The average Bonchev–Trinajstić information content (AvgIpc) is 2.35. The highest BCUT2D eigenvalue weighted by Crippen LogP contribution is 2.44. The Morgan fingerprint density at radius 3 is 2.21 bits per heavy atom. The second-order valence-corrected chi connectivity index (χ2v) is 4.64. The lowest BCUT2D eigenvalue weighted by Crippen LogP contribution is -2.45. The quantitative estimate of drug-likeness (QED) is 0.651. The van der Waals surface area contributed by atoms with E-state index in [1.807, 2.05) is 0 Å². The molecule has 1 aromatic carbocycles. The minimum Gasteiger partial charge on any atom is -0.493 e. The highest BCUT2D eigenvalue weighted by atomic mass is 16.5. The largest absolute Gasteiger partial charge is 0.493 e. The number of aliphatic carboxylic acids is 1. The van der Waals surface area contributed by atoms with Crippen molar-refractivity contribution in [2.24, 2.45) is 5.41 Å². The predicted molar refractivity (Wildman–Crippen MR) is 67.8 cm³/mol. The molecule has 19 heavy (non-hydrogen) atoms. The van der Waals surface area contributed by atoms with Crippen molar-refractivity contribution >= 4 is 11.8 Å². The Balaban J connectivity index is 2.36. The topological polar surface area (TPSA) is 72.8 Å². The van der Waals surface area contributed by atoms with E-state index in [1.54, 1.807) is 12.1 Å². The van der Waals surface area contributed by atoms with Crippen LogP contribution in [0.4, 0.5) is 0 Å². The number of ether oxygens (including phenoxy) is 2. The number of benzene rings is 1. The zero-order valence-electron chi connectivity index (χ0n) is 10.9. The first-order valence-corrected chi connectivity index (χ1v) is 6.05. The maximum Gasteiger partial charge on any atom is 0.317 e. The number of carboxylic acids is 1. The van der Waals surface area contributed by atoms with Crippen molar-refractivity contribution in [3.8, 4) is 11.5 Å². The van der Waals surface area contributed by atoms with Crippen molar-refractivity contribution in [1.82, 2.24) is 0 Å². The molecule has 0 amide bonds. The molecule has 1 aliphatic rings. The third-order valence-electron chi connectivity index (χ3n) is 3.70. The van der Waals surface area contributed by atoms with Crippen LogP contribution in [0.2, 0.25) is 0 Å². The third kappa shape index (κ3) is 2.05. The van der Waals surface area contributed by atoms with Gasteiger partial charge in [0.1, 0.15) is 5.41 Å². The molecule has 0 bridgehead atoms. The van der Waals surface area contributed by atoms with Gasteiger partial charge in [-0.3, -0.25) is 9.59 Å². The van der Waals surface area contributed by atoms with E-state index in [-0.39, 0.29) is 5.78 Å². The zero-order chi connectivity index (χ0) is 14.0. The summed E-state index contributed by atoms with van der Waals surface area (Å²) in [7, 11) is 2.98. The number of methoxy groups -OCH3 is 2. The number of carbonyl (C=O) groups excluding carboxylic acids is 1. The molecule has 2 rings (SSSR count). The summed E-state index contributed by atoms with van der Waals surface area (Å²) in [5.74, 6) is -0.462. The Bertz CT molecular complexity index is 517. The Kier molecular flexibility index (Phi) is 3.46. The first-order chi connectivity index (χ1) is 9.05. The first-order valence-electron chi connectivity index (χ1n) is 6.05. The molecular formula is C14H16O5. The second-order valence-electron chi connectivity index (χ2n) is 4.64. The van der Waals surface area contributed by atoms with E-state index >= 15 is 0 Å². The molecule has 0 heterocycles. The molecule has 1 aliphatic carbocycles. The molecule has 1 fully saturated rings. The van der Waals surface area contributed by atoms with Gasteiger partial charge in [-0.2, -0.15) is 0 Å². The molecule has 1 N–H and O–H groups in total. The zero-order valence-corrected chi connectivity index (χ0v) is 10.9. The van der Waals surface area contributed by atoms with Crippen molar-refractivity contribution in [2.45, 2.75) is 19.3 Å². The van der Waals surface area contributed by atoms with Gasteiger partial charge in [-0.25, -0.2) is 0 Å². The van der Waals surface area contributed by atoms with Crippen LogP contribution in [-0.4, -0.2) is 31.1 Å². The fourth-order valence-corrected chi connectivity index (χ4v) is 2.32. The fourth-order valence-electron chi connectivity index (χ4n) is 2.32. The van der Waals surface area contributed by atoms with Gasteiger partial charge in [0.15, 0.2) is 17.3 Å². The summed E-state index contributed by atoms with van der Waals surface area (Å²) >= 11 is 0. The molecule has 0 spiro atoms. The molecule has 0 saturated heterocycles. The smallest absolute Gasteiger partial charge is 0.317 e. The summed E-state index contributed by atoms with van der Waals surface area (Å²) in [5.41, 5.74) is -0.903. The van der Waals surface area contributed by atoms with Crippen LogP contribution in [0, 0.1) is 5.41 Å². The van der Waals surface area contributed by atoms with Crippen molar-refractivity contribution < 1.29 is 24.2 Å². The van der Waals surface area contributed by atoms with Gasteiger partial charge in [0.2, 0.25) is 0 Å². The fraction of sp³-hybridized carbons (Fsp3) is 0.429. The summed E-state index contributed by atoms with van der Waals surface area (Å²) in [6.07, 6.45) is 1.57. The number of carboxylic acid groups (broad SMARTS) is 1. The van der Waals surface area contributed by atoms with Gasteiger partial charge in [0.25, 0.3) is 0 Å². The van der Waals surface area contributed by atoms with Crippen LogP contribution in [0.15, 0.2) is 18.2 Å². The number of ketones is 1. The number of carbonyl (C=O) groups is 2. The van der Waals surface area contributed by atoms with Gasteiger partial charge in [-0.1, -0.05) is 6.42 Å². The summed E-state index contributed by atoms with van der Waals surface area (Å²) < 4.78 is 10.2. The SMILES string of the molecule is COc1ccc(C(=O)C2(C(=O)O)CCC2)cc1OC. The van der Waals surface area contributed by atoms with Crippen LogP contribution in [0.1, 0.15) is 29.6 Å². The average molecular weight is 264 g/mol. The lowest BCUT2D eigenvalue weighted by atomic mass is 9.64. The Labute approximate surface area is 111 Å². The van der Waals surface area contributed by atoms with E-state index in [4.69, 9.17) is 9.47 Å². The minimum atomic E-state index is -1.25. The van der Waals surface area contributed by atoms with Gasteiger partial charge >= 0.3 is 5.97 Å². The molecule has 0 aliphatic heterocycles. The molecule has 1 saturated carbocycles. The van der Waals surface area contributed by atoms with Crippen LogP contribution in [0.5, 0.6) is 11.5 Å². The normalized spacial score (nSPS) is 16.3. The molecule has 102 valence electrons. The van der Waals surface area contributed by atoms with E-state index < -0.39 is 11.4 Å². The molecule has 5 nitrogen and oxygen atoms in total. The summed E-state index contributed by atoms with van der Waals surface area (Å²) in [6, 6.07) is 4.72. The highest BCUT2D eigenvalue weighted by Gasteiger charge is 2.51. The van der Waals surface area contributed by atoms with Crippen molar-refractivity contribution in [2.75, 3.05) is 14.2 Å². The third-order valence-corrected chi connectivity index (χ3v) is 3.70. The molecule has 5 heteroatoms. The highest BCUT2D eigenvalue weighted by molar-refractivity contribution is 6.13. The molecule has 0 atom stereocenters. The van der Waals surface area contributed by atoms with Crippen molar-refractivity contribution in [3.05, 3.63) is 23.8 Å². The number of Topliss-reactive ketones (excluding diaryl/α,β-unsaturated/α-hetero) is 1. The maximum absolute atomic E-state index is 12.4. The number of rotatable bonds is 5. The Hall–Kier alpha value is -2.04. The standard InChI is InChI=1S/C14H16O5/c1-18-10-5-4-9(8-11(10)19-2)12(15)14(13(16)17)6-3-7-14/h4-5,8H,3,6-7H2,1-2H3,(H,16,17). The lowest BCUT2D eigenvalue weighted by molar-refractivity contribution is -0.150. The first kappa shape index (κ1) is 13.4. The van der Waals surface area contributed by atoms with E-state index in [0.717, 1.165) is 6.42 Å². The number of hydrogen-bond donors (Lipinski definition) is 1. The number of hydrogen-bond acceptors (Lipinski definition) is 4. The van der Waals surface area contributed by atoms with Crippen LogP contribution in [-0.2, 0) is 4.79 Å². The molecule has 0 radical (unpaired) electrons. The van der Waals surface area contributed by atoms with E-state index in [9.17, 15) is 14.7 Å². The molecule has 0 aromatic heterocycles. The monoisotopic (exact) mass is 264 g/mol. The summed E-state index contributed by atoms with van der Waals surface area (Å²) in [4.78, 5) is 23.7. The van der Waals surface area contributed by atoms with Gasteiger partial charge in [-0.15, -0.1) is 0 Å². The van der Waals surface area contributed by atoms with Gasteiger partial charge in [0, 0.05) is 5.56 Å². The molecule has 0 unspecified atom stereocenters. The summed E-state index contributed by atoms with van der Waals surface area (Å²) in [6.45, 7) is 0. The van der Waals surface area contributed by atoms with Gasteiger partial charge < -0.3 is 14.6 Å². The Morgan fingerprint density at radius 2 is 1.79 bits per heavy atom. The Morgan fingerprint density at radius 1 is 1.16 bits per heavy atom. The van der Waals surface area contributed by atoms with Gasteiger partial charge in [0.05, 0.1) is 14.2 Å². The van der Waals surface area contributed by atoms with E-state index in [0.29, 0.717) is 29.9 Å². The molecular weight excluding hydrogens is 248 g/mol. The maximum atomic E-state index is 12.4. The van der Waals surface area contributed by atoms with Crippen LogP contribution < -0.4 is 9.47 Å². The second kappa shape index (κ2) is 4.91. The van der Waals surface area contributed by atoms with Crippen LogP contribution in [0.3, 0.4) is 0 Å².